The van der Waals surface area contributed by atoms with Crippen molar-refractivity contribution >= 4 is 11.0 Å². The molecule has 21 heavy (non-hydrogen) atoms. The lowest BCUT2D eigenvalue weighted by Crippen LogP contribution is -2.06. The zero-order valence-corrected chi connectivity index (χ0v) is 13.2. The Hall–Kier alpha value is -2.09. The van der Waals surface area contributed by atoms with E-state index in [0.29, 0.717) is 11.8 Å². The van der Waals surface area contributed by atoms with Gasteiger partial charge in [-0.15, -0.1) is 0 Å². The van der Waals surface area contributed by atoms with E-state index in [1.807, 2.05) is 12.4 Å². The zero-order chi connectivity index (χ0) is 15.0. The monoisotopic (exact) mass is 278 g/mol. The Morgan fingerprint density at radius 1 is 0.810 bits per heavy atom. The van der Waals surface area contributed by atoms with E-state index >= 15 is 0 Å². The second-order valence-corrected chi connectivity index (χ2v) is 6.20. The molecule has 0 bridgehead atoms. The Morgan fingerprint density at radius 2 is 1.43 bits per heavy atom. The Labute approximate surface area is 126 Å². The fourth-order valence-electron chi connectivity index (χ4n) is 2.93. The molecule has 2 heteroatoms. The number of fused-ring (bicyclic) bond motifs is 1. The molecule has 1 aromatic heterocycles. The van der Waals surface area contributed by atoms with Crippen LogP contribution in [0.4, 0.5) is 0 Å². The molecular weight excluding hydrogens is 256 g/mol. The molecule has 3 rings (SSSR count). The van der Waals surface area contributed by atoms with Crippen LogP contribution in [0, 0.1) is 0 Å². The highest BCUT2D eigenvalue weighted by Gasteiger charge is 2.16. The van der Waals surface area contributed by atoms with Crippen LogP contribution >= 0.6 is 0 Å². The van der Waals surface area contributed by atoms with Crippen molar-refractivity contribution in [1.82, 2.24) is 9.55 Å². The van der Waals surface area contributed by atoms with Crippen molar-refractivity contribution in [3.63, 3.8) is 0 Å². The first-order valence-electron chi connectivity index (χ1n) is 7.65. The molecule has 0 spiro atoms. The van der Waals surface area contributed by atoms with Crippen LogP contribution in [0.1, 0.15) is 50.7 Å². The Balaban J connectivity index is 2.35. The lowest BCUT2D eigenvalue weighted by Gasteiger charge is -2.20. The van der Waals surface area contributed by atoms with Crippen LogP contribution in [-0.2, 0) is 0 Å². The van der Waals surface area contributed by atoms with Crippen molar-refractivity contribution in [3.8, 4) is 5.69 Å². The molecule has 0 N–H and O–H groups in total. The van der Waals surface area contributed by atoms with Gasteiger partial charge in [0.25, 0.3) is 0 Å². The average molecular weight is 278 g/mol. The van der Waals surface area contributed by atoms with Gasteiger partial charge in [-0.05, 0) is 35.1 Å². The summed E-state index contributed by atoms with van der Waals surface area (Å²) >= 11 is 0. The predicted molar refractivity (Wildman–Crippen MR) is 89.2 cm³/mol. The number of benzene rings is 2. The van der Waals surface area contributed by atoms with Crippen molar-refractivity contribution in [2.45, 2.75) is 39.5 Å². The van der Waals surface area contributed by atoms with E-state index in [-0.39, 0.29) is 0 Å². The van der Waals surface area contributed by atoms with Crippen LogP contribution in [0.25, 0.3) is 16.7 Å². The van der Waals surface area contributed by atoms with E-state index in [1.165, 1.54) is 22.3 Å². The van der Waals surface area contributed by atoms with Gasteiger partial charge < -0.3 is 0 Å². The maximum atomic E-state index is 4.56. The predicted octanol–water partition coefficient (Wildman–Crippen LogP) is 5.27. The molecule has 0 unspecified atom stereocenters. The highest BCUT2D eigenvalue weighted by atomic mass is 15.1. The second kappa shape index (κ2) is 5.36. The first kappa shape index (κ1) is 13.9. The van der Waals surface area contributed by atoms with Crippen molar-refractivity contribution in [3.05, 3.63) is 59.9 Å². The Kier molecular flexibility index (Phi) is 3.54. The molecular formula is C19H22N2. The van der Waals surface area contributed by atoms with E-state index in [2.05, 4.69) is 73.6 Å². The van der Waals surface area contributed by atoms with Gasteiger partial charge in [0.2, 0.25) is 0 Å². The summed E-state index contributed by atoms with van der Waals surface area (Å²) in [6.45, 7) is 9.01. The van der Waals surface area contributed by atoms with Gasteiger partial charge in [0.05, 0.1) is 16.7 Å². The lowest BCUT2D eigenvalue weighted by atomic mass is 9.92. The summed E-state index contributed by atoms with van der Waals surface area (Å²) in [4.78, 5) is 4.56. The number of rotatable bonds is 3. The Morgan fingerprint density at radius 3 is 2.05 bits per heavy atom. The minimum Gasteiger partial charge on any atom is -0.298 e. The van der Waals surface area contributed by atoms with Gasteiger partial charge in [0, 0.05) is 0 Å². The van der Waals surface area contributed by atoms with Gasteiger partial charge in [-0.25, -0.2) is 4.98 Å². The third-order valence-corrected chi connectivity index (χ3v) is 4.04. The highest BCUT2D eigenvalue weighted by Crippen LogP contribution is 2.32. The van der Waals surface area contributed by atoms with Crippen LogP contribution < -0.4 is 0 Å². The van der Waals surface area contributed by atoms with E-state index in [1.54, 1.807) is 0 Å². The number of imidazole rings is 1. The van der Waals surface area contributed by atoms with Gasteiger partial charge in [0.15, 0.2) is 0 Å². The summed E-state index contributed by atoms with van der Waals surface area (Å²) in [5.74, 6) is 0.972. The van der Waals surface area contributed by atoms with Gasteiger partial charge in [-0.2, -0.15) is 0 Å². The van der Waals surface area contributed by atoms with Crippen LogP contribution in [0.2, 0.25) is 0 Å². The molecule has 0 aliphatic heterocycles. The zero-order valence-electron chi connectivity index (χ0n) is 13.2. The third-order valence-electron chi connectivity index (χ3n) is 4.04. The number of hydrogen-bond donors (Lipinski definition) is 0. The number of para-hydroxylation sites is 3. The summed E-state index contributed by atoms with van der Waals surface area (Å²) < 4.78 is 2.25. The summed E-state index contributed by atoms with van der Waals surface area (Å²) in [6, 6.07) is 15.0. The standard InChI is InChI=1S/C19H22N2/c1-13(2)15-8-7-9-16(14(3)4)19(15)21-12-20-17-10-5-6-11-18(17)21/h5-14H,1-4H3. The van der Waals surface area contributed by atoms with Crippen LogP contribution in [0.15, 0.2) is 48.8 Å². The smallest absolute Gasteiger partial charge is 0.100 e. The number of hydrogen-bond acceptors (Lipinski definition) is 1. The lowest BCUT2D eigenvalue weighted by molar-refractivity contribution is 0.809. The van der Waals surface area contributed by atoms with Gasteiger partial charge in [0.1, 0.15) is 6.33 Å². The van der Waals surface area contributed by atoms with Crippen LogP contribution in [-0.4, -0.2) is 9.55 Å². The van der Waals surface area contributed by atoms with Crippen LogP contribution in [0.3, 0.4) is 0 Å². The van der Waals surface area contributed by atoms with Crippen molar-refractivity contribution < 1.29 is 0 Å². The minimum absolute atomic E-state index is 0.486. The number of nitrogens with zero attached hydrogens (tertiary/aromatic N) is 2. The molecule has 0 radical (unpaired) electrons. The SMILES string of the molecule is CC(C)c1cccc(C(C)C)c1-n1cnc2ccccc21. The second-order valence-electron chi connectivity index (χ2n) is 6.20. The molecule has 2 nitrogen and oxygen atoms in total. The fraction of sp³-hybridized carbons (Fsp3) is 0.316. The first-order chi connectivity index (χ1) is 10.1. The third kappa shape index (κ3) is 2.35. The number of aromatic nitrogens is 2. The maximum absolute atomic E-state index is 4.56. The molecule has 0 saturated heterocycles. The van der Waals surface area contributed by atoms with Crippen molar-refractivity contribution in [1.29, 1.82) is 0 Å². The molecule has 0 fully saturated rings. The molecule has 2 aromatic carbocycles. The Bertz CT molecular complexity index is 740. The van der Waals surface area contributed by atoms with E-state index in [0.717, 1.165) is 5.52 Å². The van der Waals surface area contributed by atoms with E-state index < -0.39 is 0 Å². The highest BCUT2D eigenvalue weighted by molar-refractivity contribution is 5.78. The van der Waals surface area contributed by atoms with Crippen LogP contribution in [0.5, 0.6) is 0 Å². The average Bonchev–Trinajstić information content (AvgIpc) is 2.90. The molecule has 0 aliphatic carbocycles. The molecule has 0 amide bonds. The minimum atomic E-state index is 0.486. The van der Waals surface area contributed by atoms with Crippen molar-refractivity contribution in [2.75, 3.05) is 0 Å². The van der Waals surface area contributed by atoms with Gasteiger partial charge in [-0.1, -0.05) is 58.0 Å². The molecule has 1 heterocycles. The normalized spacial score (nSPS) is 11.7. The molecule has 3 aromatic rings. The maximum Gasteiger partial charge on any atom is 0.100 e. The summed E-state index contributed by atoms with van der Waals surface area (Å²) in [7, 11) is 0. The van der Waals surface area contributed by atoms with Gasteiger partial charge in [-0.3, -0.25) is 4.57 Å². The summed E-state index contributed by atoms with van der Waals surface area (Å²) in [6.07, 6.45) is 1.96. The first-order valence-corrected chi connectivity index (χ1v) is 7.65. The molecule has 0 aliphatic rings. The molecule has 0 saturated carbocycles. The largest absolute Gasteiger partial charge is 0.298 e. The molecule has 0 atom stereocenters. The van der Waals surface area contributed by atoms with E-state index in [9.17, 15) is 0 Å². The summed E-state index contributed by atoms with van der Waals surface area (Å²) in [5, 5.41) is 0. The van der Waals surface area contributed by atoms with E-state index in [4.69, 9.17) is 0 Å². The molecule has 108 valence electrons. The fourth-order valence-corrected chi connectivity index (χ4v) is 2.93. The van der Waals surface area contributed by atoms with Crippen molar-refractivity contribution in [2.24, 2.45) is 0 Å². The topological polar surface area (TPSA) is 17.8 Å². The summed E-state index contributed by atoms with van der Waals surface area (Å²) in [5.41, 5.74) is 6.28. The van der Waals surface area contributed by atoms with Gasteiger partial charge >= 0.3 is 0 Å². The quantitative estimate of drug-likeness (QED) is 0.638.